The average molecular weight is 260 g/mol. The highest BCUT2D eigenvalue weighted by atomic mass is 19.1. The molecule has 0 atom stereocenters. The molecule has 0 bridgehead atoms. The van der Waals surface area contributed by atoms with Gasteiger partial charge in [-0.25, -0.2) is 8.78 Å². The average Bonchev–Trinajstić information content (AvgIpc) is 2.40. The van der Waals surface area contributed by atoms with Crippen molar-refractivity contribution in [3.63, 3.8) is 0 Å². The first-order valence-electron chi connectivity index (χ1n) is 5.46. The minimum Gasteiger partial charge on any atom is -0.489 e. The van der Waals surface area contributed by atoms with Gasteiger partial charge in [0.15, 0.2) is 0 Å². The van der Waals surface area contributed by atoms with Crippen LogP contribution in [0.5, 0.6) is 5.75 Å². The van der Waals surface area contributed by atoms with Gasteiger partial charge in [-0.2, -0.15) is 5.26 Å². The Morgan fingerprint density at radius 2 is 1.95 bits per heavy atom. The molecule has 0 aromatic heterocycles. The normalized spacial score (nSPS) is 9.95. The molecule has 0 amide bonds. The van der Waals surface area contributed by atoms with Gasteiger partial charge in [0.25, 0.3) is 0 Å². The van der Waals surface area contributed by atoms with Gasteiger partial charge in [-0.05, 0) is 30.3 Å². The second-order valence-corrected chi connectivity index (χ2v) is 3.89. The topological polar surface area (TPSA) is 59.0 Å². The van der Waals surface area contributed by atoms with E-state index in [1.807, 2.05) is 6.07 Å². The zero-order valence-corrected chi connectivity index (χ0v) is 9.86. The van der Waals surface area contributed by atoms with E-state index in [2.05, 4.69) is 0 Å². The number of ether oxygens (including phenoxy) is 1. The standard InChI is InChI=1S/C14H10F2N2O/c15-11-2-1-9(7-17)10(5-11)8-19-12-3-4-14(18)13(16)6-12/h1-6H,8,18H2. The fourth-order valence-corrected chi connectivity index (χ4v) is 1.55. The molecule has 0 fully saturated rings. The number of anilines is 1. The highest BCUT2D eigenvalue weighted by Gasteiger charge is 2.06. The van der Waals surface area contributed by atoms with Gasteiger partial charge in [0.05, 0.1) is 17.3 Å². The Morgan fingerprint density at radius 3 is 2.63 bits per heavy atom. The number of benzene rings is 2. The van der Waals surface area contributed by atoms with Crippen LogP contribution in [0, 0.1) is 23.0 Å². The molecule has 0 aliphatic heterocycles. The second kappa shape index (κ2) is 5.36. The first-order chi connectivity index (χ1) is 9.10. The second-order valence-electron chi connectivity index (χ2n) is 3.89. The summed E-state index contributed by atoms with van der Waals surface area (Å²) >= 11 is 0. The van der Waals surface area contributed by atoms with Gasteiger partial charge in [-0.3, -0.25) is 0 Å². The number of hydrogen-bond acceptors (Lipinski definition) is 3. The van der Waals surface area contributed by atoms with Crippen molar-refractivity contribution in [1.29, 1.82) is 5.26 Å². The van der Waals surface area contributed by atoms with E-state index in [0.717, 1.165) is 6.07 Å². The molecule has 0 saturated heterocycles. The Hall–Kier alpha value is -2.61. The van der Waals surface area contributed by atoms with Crippen molar-refractivity contribution in [3.8, 4) is 11.8 Å². The minimum absolute atomic E-state index is 0.0238. The van der Waals surface area contributed by atoms with Gasteiger partial charge < -0.3 is 10.5 Å². The molecule has 0 aliphatic carbocycles. The smallest absolute Gasteiger partial charge is 0.149 e. The summed E-state index contributed by atoms with van der Waals surface area (Å²) in [6.45, 7) is -0.0238. The number of nitrogens with zero attached hydrogens (tertiary/aromatic N) is 1. The minimum atomic E-state index is -0.586. The van der Waals surface area contributed by atoms with Gasteiger partial charge in [-0.1, -0.05) is 0 Å². The van der Waals surface area contributed by atoms with Gasteiger partial charge in [0.2, 0.25) is 0 Å². The maximum absolute atomic E-state index is 13.2. The number of hydrogen-bond donors (Lipinski definition) is 1. The molecule has 0 spiro atoms. The van der Waals surface area contributed by atoms with Crippen LogP contribution in [-0.2, 0) is 6.61 Å². The molecule has 2 aromatic rings. The predicted octanol–water partition coefficient (Wildman–Crippen LogP) is 3.00. The van der Waals surface area contributed by atoms with Crippen LogP contribution in [0.1, 0.15) is 11.1 Å². The van der Waals surface area contributed by atoms with Crippen molar-refractivity contribution in [2.45, 2.75) is 6.61 Å². The van der Waals surface area contributed by atoms with Crippen molar-refractivity contribution in [2.24, 2.45) is 0 Å². The summed E-state index contributed by atoms with van der Waals surface area (Å²) in [4.78, 5) is 0. The fraction of sp³-hybridized carbons (Fsp3) is 0.0714. The molecule has 2 rings (SSSR count). The van der Waals surface area contributed by atoms with E-state index in [1.165, 1.54) is 30.3 Å². The Labute approximate surface area is 108 Å². The molecular weight excluding hydrogens is 250 g/mol. The van der Waals surface area contributed by atoms with Crippen LogP contribution < -0.4 is 10.5 Å². The highest BCUT2D eigenvalue weighted by Crippen LogP contribution is 2.20. The van der Waals surface area contributed by atoms with Crippen LogP contribution in [0.15, 0.2) is 36.4 Å². The Bertz CT molecular complexity index is 650. The van der Waals surface area contributed by atoms with E-state index in [0.29, 0.717) is 11.1 Å². The number of halogens is 2. The molecule has 19 heavy (non-hydrogen) atoms. The summed E-state index contributed by atoms with van der Waals surface area (Å²) in [7, 11) is 0. The third kappa shape index (κ3) is 2.99. The Kier molecular flexibility index (Phi) is 3.62. The molecule has 2 N–H and O–H groups in total. The van der Waals surface area contributed by atoms with Crippen molar-refractivity contribution in [3.05, 3.63) is 59.2 Å². The van der Waals surface area contributed by atoms with Crippen molar-refractivity contribution in [2.75, 3.05) is 5.73 Å². The lowest BCUT2D eigenvalue weighted by Gasteiger charge is -2.08. The largest absolute Gasteiger partial charge is 0.489 e. The molecule has 0 saturated carbocycles. The first kappa shape index (κ1) is 12.8. The number of nitriles is 1. The van der Waals surface area contributed by atoms with Crippen LogP contribution in [0.2, 0.25) is 0 Å². The third-order valence-electron chi connectivity index (χ3n) is 2.55. The maximum Gasteiger partial charge on any atom is 0.149 e. The first-order valence-corrected chi connectivity index (χ1v) is 5.46. The molecule has 0 radical (unpaired) electrons. The van der Waals surface area contributed by atoms with E-state index < -0.39 is 11.6 Å². The molecule has 3 nitrogen and oxygen atoms in total. The molecule has 0 heterocycles. The van der Waals surface area contributed by atoms with Crippen LogP contribution in [-0.4, -0.2) is 0 Å². The lowest BCUT2D eigenvalue weighted by atomic mass is 10.1. The van der Waals surface area contributed by atoms with E-state index in [1.54, 1.807) is 0 Å². The third-order valence-corrected chi connectivity index (χ3v) is 2.55. The maximum atomic E-state index is 13.2. The van der Waals surface area contributed by atoms with E-state index in [9.17, 15) is 8.78 Å². The van der Waals surface area contributed by atoms with Crippen LogP contribution >= 0.6 is 0 Å². The lowest BCUT2D eigenvalue weighted by molar-refractivity contribution is 0.303. The van der Waals surface area contributed by atoms with E-state index in [-0.39, 0.29) is 18.0 Å². The predicted molar refractivity (Wildman–Crippen MR) is 66.3 cm³/mol. The van der Waals surface area contributed by atoms with E-state index >= 15 is 0 Å². The van der Waals surface area contributed by atoms with Gasteiger partial charge in [-0.15, -0.1) is 0 Å². The number of nitrogen functional groups attached to an aromatic ring is 1. The molecular formula is C14H10F2N2O. The van der Waals surface area contributed by atoms with Crippen LogP contribution in [0.25, 0.3) is 0 Å². The molecule has 0 aliphatic rings. The zero-order valence-electron chi connectivity index (χ0n) is 9.86. The fourth-order valence-electron chi connectivity index (χ4n) is 1.55. The van der Waals surface area contributed by atoms with Crippen molar-refractivity contribution < 1.29 is 13.5 Å². The summed E-state index contributed by atoms with van der Waals surface area (Å²) in [5, 5.41) is 8.88. The van der Waals surface area contributed by atoms with E-state index in [4.69, 9.17) is 15.7 Å². The summed E-state index contributed by atoms with van der Waals surface area (Å²) < 4.78 is 31.6. The molecule has 5 heteroatoms. The highest BCUT2D eigenvalue weighted by molar-refractivity contribution is 5.44. The molecule has 0 unspecified atom stereocenters. The quantitative estimate of drug-likeness (QED) is 0.863. The van der Waals surface area contributed by atoms with Crippen LogP contribution in [0.3, 0.4) is 0 Å². The van der Waals surface area contributed by atoms with Gasteiger partial charge >= 0.3 is 0 Å². The van der Waals surface area contributed by atoms with Crippen molar-refractivity contribution in [1.82, 2.24) is 0 Å². The Balaban J connectivity index is 2.16. The van der Waals surface area contributed by atoms with Crippen LogP contribution in [0.4, 0.5) is 14.5 Å². The zero-order chi connectivity index (χ0) is 13.8. The number of rotatable bonds is 3. The van der Waals surface area contributed by atoms with Gasteiger partial charge in [0, 0.05) is 11.6 Å². The summed E-state index contributed by atoms with van der Waals surface area (Å²) in [5.74, 6) is -0.779. The SMILES string of the molecule is N#Cc1ccc(F)cc1COc1ccc(N)c(F)c1. The summed E-state index contributed by atoms with van der Waals surface area (Å²) in [6, 6.07) is 9.74. The lowest BCUT2D eigenvalue weighted by Crippen LogP contribution is -2.00. The molecule has 2 aromatic carbocycles. The monoisotopic (exact) mass is 260 g/mol. The van der Waals surface area contributed by atoms with Gasteiger partial charge in [0.1, 0.15) is 24.0 Å². The Morgan fingerprint density at radius 1 is 1.16 bits per heavy atom. The molecule has 96 valence electrons. The number of nitrogens with two attached hydrogens (primary N) is 1. The summed E-state index contributed by atoms with van der Waals surface area (Å²) in [6.07, 6.45) is 0. The van der Waals surface area contributed by atoms with Crippen molar-refractivity contribution >= 4 is 5.69 Å². The summed E-state index contributed by atoms with van der Waals surface area (Å²) in [5.41, 5.74) is 6.08.